The number of rotatable bonds is 9. The monoisotopic (exact) mass is 248 g/mol. The zero-order valence-electron chi connectivity index (χ0n) is 10.8. The fraction of sp³-hybridized carbons (Fsp3) is 0.923. The van der Waals surface area contributed by atoms with E-state index in [9.17, 15) is 4.79 Å². The highest BCUT2D eigenvalue weighted by Gasteiger charge is 2.15. The second kappa shape index (κ2) is 9.95. The smallest absolute Gasteiger partial charge is 0.324 e. The molecule has 0 radical (unpaired) electrons. The number of ether oxygens (including phenoxy) is 1. The van der Waals surface area contributed by atoms with Crippen LogP contribution in [0.5, 0.6) is 0 Å². The number of hydrogen-bond donors (Lipinski definition) is 0. The van der Waals surface area contributed by atoms with Crippen LogP contribution in [0.2, 0.25) is 0 Å². The van der Waals surface area contributed by atoms with Gasteiger partial charge in [-0.25, -0.2) is 0 Å². The van der Waals surface area contributed by atoms with Crippen LogP contribution in [-0.4, -0.2) is 18.0 Å². The molecule has 0 amide bonds. The number of esters is 1. The van der Waals surface area contributed by atoms with Crippen LogP contribution in [0.1, 0.15) is 59.3 Å². The predicted molar refractivity (Wildman–Crippen MR) is 68.8 cm³/mol. The van der Waals surface area contributed by atoms with Gasteiger partial charge in [0.2, 0.25) is 0 Å². The van der Waals surface area contributed by atoms with Gasteiger partial charge in [-0.2, -0.15) is 0 Å². The fourth-order valence-corrected chi connectivity index (χ4v) is 1.98. The molecule has 0 aliphatic rings. The average molecular weight is 249 g/mol. The van der Waals surface area contributed by atoms with Crippen molar-refractivity contribution in [2.75, 3.05) is 6.61 Å². The molecule has 96 valence electrons. The Bertz CT molecular complexity index is 179. The summed E-state index contributed by atoms with van der Waals surface area (Å²) in [5, 5.41) is -0.460. The van der Waals surface area contributed by atoms with E-state index in [0.29, 0.717) is 13.0 Å². The van der Waals surface area contributed by atoms with Gasteiger partial charge in [0.15, 0.2) is 0 Å². The van der Waals surface area contributed by atoms with Crippen molar-refractivity contribution >= 4 is 17.6 Å². The van der Waals surface area contributed by atoms with Crippen LogP contribution >= 0.6 is 11.6 Å². The standard InChI is InChI=1S/C13H25ClO2/c1-4-8-12(14)13(15)16-10-7-9-11(5-2)6-3/h11-12H,4-10H2,1-3H3. The van der Waals surface area contributed by atoms with E-state index in [2.05, 4.69) is 13.8 Å². The zero-order valence-corrected chi connectivity index (χ0v) is 11.6. The highest BCUT2D eigenvalue weighted by molar-refractivity contribution is 6.29. The van der Waals surface area contributed by atoms with E-state index in [0.717, 1.165) is 25.2 Å². The maximum absolute atomic E-state index is 11.4. The number of carbonyl (C=O) groups excluding carboxylic acids is 1. The first-order chi connectivity index (χ1) is 7.65. The normalized spacial score (nSPS) is 12.8. The lowest BCUT2D eigenvalue weighted by atomic mass is 9.98. The van der Waals surface area contributed by atoms with Crippen LogP contribution in [-0.2, 0) is 9.53 Å². The van der Waals surface area contributed by atoms with Gasteiger partial charge in [-0.3, -0.25) is 4.79 Å². The SMILES string of the molecule is CCCC(Cl)C(=O)OCCCC(CC)CC. The summed E-state index contributed by atoms with van der Waals surface area (Å²) in [7, 11) is 0. The third kappa shape index (κ3) is 7.10. The summed E-state index contributed by atoms with van der Waals surface area (Å²) in [6.45, 7) is 6.93. The molecule has 1 atom stereocenters. The summed E-state index contributed by atoms with van der Waals surface area (Å²) in [5.41, 5.74) is 0. The van der Waals surface area contributed by atoms with E-state index in [1.54, 1.807) is 0 Å². The molecular weight excluding hydrogens is 224 g/mol. The third-order valence-corrected chi connectivity index (χ3v) is 3.35. The molecule has 0 aromatic heterocycles. The molecular formula is C13H25ClO2. The van der Waals surface area contributed by atoms with Crippen LogP contribution in [0, 0.1) is 5.92 Å². The maximum Gasteiger partial charge on any atom is 0.324 e. The van der Waals surface area contributed by atoms with E-state index in [4.69, 9.17) is 16.3 Å². The van der Waals surface area contributed by atoms with Crippen molar-refractivity contribution in [1.29, 1.82) is 0 Å². The lowest BCUT2D eigenvalue weighted by molar-refractivity contribution is -0.143. The molecule has 0 saturated carbocycles. The Hall–Kier alpha value is -0.240. The number of hydrogen-bond acceptors (Lipinski definition) is 2. The Morgan fingerprint density at radius 2 is 1.81 bits per heavy atom. The molecule has 3 heteroatoms. The van der Waals surface area contributed by atoms with Gasteiger partial charge >= 0.3 is 5.97 Å². The summed E-state index contributed by atoms with van der Waals surface area (Å²) in [6, 6.07) is 0. The second-order valence-corrected chi connectivity index (χ2v) is 4.78. The zero-order chi connectivity index (χ0) is 12.4. The van der Waals surface area contributed by atoms with Crippen LogP contribution in [0.3, 0.4) is 0 Å². The van der Waals surface area contributed by atoms with Gasteiger partial charge in [-0.1, -0.05) is 40.0 Å². The van der Waals surface area contributed by atoms with Crippen LogP contribution in [0.25, 0.3) is 0 Å². The molecule has 0 aromatic carbocycles. The Kier molecular flexibility index (Phi) is 9.80. The minimum atomic E-state index is -0.460. The summed E-state index contributed by atoms with van der Waals surface area (Å²) in [5.74, 6) is 0.509. The molecule has 0 saturated heterocycles. The van der Waals surface area contributed by atoms with Crippen molar-refractivity contribution in [3.63, 3.8) is 0 Å². The molecule has 2 nitrogen and oxygen atoms in total. The second-order valence-electron chi connectivity index (χ2n) is 4.25. The topological polar surface area (TPSA) is 26.3 Å². The first-order valence-corrected chi connectivity index (χ1v) is 6.89. The highest BCUT2D eigenvalue weighted by atomic mass is 35.5. The first kappa shape index (κ1) is 15.8. The lowest BCUT2D eigenvalue weighted by Crippen LogP contribution is -2.18. The van der Waals surface area contributed by atoms with Crippen molar-refractivity contribution in [2.45, 2.75) is 64.7 Å². The lowest BCUT2D eigenvalue weighted by Gasteiger charge is -2.12. The molecule has 1 unspecified atom stereocenters. The first-order valence-electron chi connectivity index (χ1n) is 6.46. The Labute approximate surface area is 105 Å². The van der Waals surface area contributed by atoms with E-state index in [1.165, 1.54) is 12.8 Å². The average Bonchev–Trinajstić information content (AvgIpc) is 2.29. The predicted octanol–water partition coefficient (Wildman–Crippen LogP) is 4.15. The molecule has 0 bridgehead atoms. The molecule has 0 fully saturated rings. The molecule has 0 heterocycles. The molecule has 0 rings (SSSR count). The van der Waals surface area contributed by atoms with Gasteiger partial charge < -0.3 is 4.74 Å². The van der Waals surface area contributed by atoms with Gasteiger partial charge in [0, 0.05) is 0 Å². The van der Waals surface area contributed by atoms with Crippen LogP contribution < -0.4 is 0 Å². The number of halogens is 1. The van der Waals surface area contributed by atoms with Crippen molar-refractivity contribution in [3.05, 3.63) is 0 Å². The van der Waals surface area contributed by atoms with E-state index in [-0.39, 0.29) is 5.97 Å². The Morgan fingerprint density at radius 1 is 1.19 bits per heavy atom. The molecule has 0 aromatic rings. The summed E-state index contributed by atoms with van der Waals surface area (Å²) < 4.78 is 5.12. The van der Waals surface area contributed by atoms with Crippen molar-refractivity contribution in [3.8, 4) is 0 Å². The summed E-state index contributed by atoms with van der Waals surface area (Å²) in [4.78, 5) is 11.4. The largest absolute Gasteiger partial charge is 0.465 e. The van der Waals surface area contributed by atoms with Crippen molar-refractivity contribution in [1.82, 2.24) is 0 Å². The van der Waals surface area contributed by atoms with Gasteiger partial charge in [0.1, 0.15) is 5.38 Å². The van der Waals surface area contributed by atoms with Gasteiger partial charge in [0.05, 0.1) is 6.61 Å². The minimum absolute atomic E-state index is 0.256. The van der Waals surface area contributed by atoms with Gasteiger partial charge in [-0.15, -0.1) is 11.6 Å². The highest BCUT2D eigenvalue weighted by Crippen LogP contribution is 2.15. The Morgan fingerprint density at radius 3 is 2.31 bits per heavy atom. The third-order valence-electron chi connectivity index (χ3n) is 2.95. The minimum Gasteiger partial charge on any atom is -0.465 e. The van der Waals surface area contributed by atoms with Gasteiger partial charge in [0.25, 0.3) is 0 Å². The van der Waals surface area contributed by atoms with Crippen LogP contribution in [0.15, 0.2) is 0 Å². The van der Waals surface area contributed by atoms with E-state index in [1.807, 2.05) is 6.92 Å². The molecule has 0 aliphatic carbocycles. The summed E-state index contributed by atoms with van der Waals surface area (Å²) >= 11 is 5.85. The van der Waals surface area contributed by atoms with Crippen LogP contribution in [0.4, 0.5) is 0 Å². The molecule has 0 N–H and O–H groups in total. The summed E-state index contributed by atoms with van der Waals surface area (Å²) in [6.07, 6.45) is 6.12. The van der Waals surface area contributed by atoms with Gasteiger partial charge in [-0.05, 0) is 25.2 Å². The molecule has 0 spiro atoms. The number of alkyl halides is 1. The fourth-order valence-electron chi connectivity index (χ4n) is 1.70. The van der Waals surface area contributed by atoms with Crippen molar-refractivity contribution < 1.29 is 9.53 Å². The van der Waals surface area contributed by atoms with Crippen molar-refractivity contribution in [2.24, 2.45) is 5.92 Å². The Balaban J connectivity index is 3.54. The van der Waals surface area contributed by atoms with E-state index >= 15 is 0 Å². The molecule has 16 heavy (non-hydrogen) atoms. The number of carbonyl (C=O) groups is 1. The maximum atomic E-state index is 11.4. The van der Waals surface area contributed by atoms with E-state index < -0.39 is 5.38 Å². The molecule has 0 aliphatic heterocycles. The quantitative estimate of drug-likeness (QED) is 0.348.